The maximum Gasteiger partial charge on any atom is 0.228 e. The first-order chi connectivity index (χ1) is 8.68. The van der Waals surface area contributed by atoms with E-state index < -0.39 is 5.41 Å². The molecule has 0 aromatic rings. The van der Waals surface area contributed by atoms with Gasteiger partial charge < -0.3 is 16.0 Å². The first kappa shape index (κ1) is 14.6. The van der Waals surface area contributed by atoms with E-state index in [1.807, 2.05) is 0 Å². The Labute approximate surface area is 119 Å². The summed E-state index contributed by atoms with van der Waals surface area (Å²) in [4.78, 5) is 24.3. The molecule has 3 aliphatic rings. The molecule has 6 heteroatoms. The summed E-state index contributed by atoms with van der Waals surface area (Å²) in [5.41, 5.74) is -0.512. The van der Waals surface area contributed by atoms with E-state index in [4.69, 9.17) is 0 Å². The largest absolute Gasteiger partial charge is 0.353 e. The molecule has 0 aromatic heterocycles. The lowest BCUT2D eigenvalue weighted by Crippen LogP contribution is -2.46. The fourth-order valence-electron chi connectivity index (χ4n) is 2.55. The van der Waals surface area contributed by atoms with Gasteiger partial charge in [-0.1, -0.05) is 0 Å². The Bertz CT molecular complexity index is 361. The third kappa shape index (κ3) is 3.60. The Balaban J connectivity index is 0.00000133. The number of carbonyl (C=O) groups is 2. The number of carbonyl (C=O) groups excluding carboxylic acids is 2. The maximum atomic E-state index is 12.3. The SMILES string of the molecule is Cl.O=C(CC1(C(=O)NC2CC2)CCNC1)NC1CC1. The van der Waals surface area contributed by atoms with E-state index in [1.165, 1.54) is 0 Å². The highest BCUT2D eigenvalue weighted by molar-refractivity contribution is 5.90. The summed E-state index contributed by atoms with van der Waals surface area (Å²) in [6.07, 6.45) is 5.45. The van der Waals surface area contributed by atoms with Crippen molar-refractivity contribution in [3.05, 3.63) is 0 Å². The molecular weight excluding hydrogens is 266 g/mol. The van der Waals surface area contributed by atoms with Gasteiger partial charge in [0.15, 0.2) is 0 Å². The van der Waals surface area contributed by atoms with Crippen LogP contribution in [0.2, 0.25) is 0 Å². The molecule has 3 fully saturated rings. The van der Waals surface area contributed by atoms with E-state index in [9.17, 15) is 9.59 Å². The molecule has 108 valence electrons. The number of rotatable bonds is 5. The van der Waals surface area contributed by atoms with Crippen molar-refractivity contribution in [1.82, 2.24) is 16.0 Å². The van der Waals surface area contributed by atoms with Crippen molar-refractivity contribution < 1.29 is 9.59 Å². The fraction of sp³-hybridized carbons (Fsp3) is 0.846. The molecule has 19 heavy (non-hydrogen) atoms. The van der Waals surface area contributed by atoms with Crippen LogP contribution in [0, 0.1) is 5.41 Å². The molecule has 1 heterocycles. The summed E-state index contributed by atoms with van der Waals surface area (Å²) in [6, 6.07) is 0.733. The molecule has 0 spiro atoms. The number of amides is 2. The Morgan fingerprint density at radius 3 is 2.26 bits per heavy atom. The van der Waals surface area contributed by atoms with Crippen molar-refractivity contribution in [2.24, 2.45) is 5.41 Å². The predicted octanol–water partition coefficient (Wildman–Crippen LogP) is 0.335. The van der Waals surface area contributed by atoms with Crippen LogP contribution in [0.15, 0.2) is 0 Å². The number of nitrogens with one attached hydrogen (secondary N) is 3. The first-order valence-electron chi connectivity index (χ1n) is 6.99. The summed E-state index contributed by atoms with van der Waals surface area (Å²) in [5, 5.41) is 9.26. The van der Waals surface area contributed by atoms with Gasteiger partial charge in [-0.3, -0.25) is 9.59 Å². The second kappa shape index (κ2) is 5.67. The van der Waals surface area contributed by atoms with E-state index >= 15 is 0 Å². The van der Waals surface area contributed by atoms with Gasteiger partial charge in [-0.2, -0.15) is 0 Å². The van der Waals surface area contributed by atoms with E-state index in [2.05, 4.69) is 16.0 Å². The predicted molar refractivity (Wildman–Crippen MR) is 74.1 cm³/mol. The van der Waals surface area contributed by atoms with Gasteiger partial charge in [0.25, 0.3) is 0 Å². The Hall–Kier alpha value is -0.810. The maximum absolute atomic E-state index is 12.3. The molecule has 3 N–H and O–H groups in total. The molecule has 1 aliphatic heterocycles. The fourth-order valence-corrected chi connectivity index (χ4v) is 2.55. The summed E-state index contributed by atoms with van der Waals surface area (Å²) in [5.74, 6) is 0.105. The third-order valence-corrected chi connectivity index (χ3v) is 4.08. The van der Waals surface area contributed by atoms with Gasteiger partial charge in [-0.05, 0) is 38.6 Å². The van der Waals surface area contributed by atoms with E-state index in [0.29, 0.717) is 25.0 Å². The highest BCUT2D eigenvalue weighted by atomic mass is 35.5. The lowest BCUT2D eigenvalue weighted by molar-refractivity contribution is -0.135. The second-order valence-electron chi connectivity index (χ2n) is 5.97. The first-order valence-corrected chi connectivity index (χ1v) is 6.99. The zero-order chi connectivity index (χ0) is 12.6. The minimum absolute atomic E-state index is 0. The molecule has 1 saturated heterocycles. The van der Waals surface area contributed by atoms with Crippen LogP contribution in [0.25, 0.3) is 0 Å². The summed E-state index contributed by atoms with van der Waals surface area (Å²) in [7, 11) is 0. The van der Waals surface area contributed by atoms with Crippen molar-refractivity contribution >= 4 is 24.2 Å². The lowest BCUT2D eigenvalue weighted by atomic mass is 9.82. The average molecular weight is 288 g/mol. The lowest BCUT2D eigenvalue weighted by Gasteiger charge is -2.26. The molecular formula is C13H22ClN3O2. The zero-order valence-corrected chi connectivity index (χ0v) is 11.9. The Kier molecular flexibility index (Phi) is 4.36. The number of hydrogen-bond acceptors (Lipinski definition) is 3. The van der Waals surface area contributed by atoms with E-state index in [0.717, 1.165) is 38.6 Å². The minimum atomic E-state index is -0.512. The monoisotopic (exact) mass is 287 g/mol. The molecule has 2 amide bonds. The molecule has 2 aliphatic carbocycles. The van der Waals surface area contributed by atoms with Crippen LogP contribution >= 0.6 is 12.4 Å². The third-order valence-electron chi connectivity index (χ3n) is 4.08. The van der Waals surface area contributed by atoms with Crippen molar-refractivity contribution in [3.8, 4) is 0 Å². The Morgan fingerprint density at radius 1 is 1.11 bits per heavy atom. The molecule has 0 bridgehead atoms. The van der Waals surface area contributed by atoms with Gasteiger partial charge in [0, 0.05) is 25.0 Å². The molecule has 2 saturated carbocycles. The minimum Gasteiger partial charge on any atom is -0.353 e. The standard InChI is InChI=1S/C13H21N3O2.ClH/c17-11(15-9-1-2-9)7-13(5-6-14-8-13)12(18)16-10-3-4-10;/h9-10,14H,1-8H2,(H,15,17)(H,16,18);1H. The van der Waals surface area contributed by atoms with Crippen LogP contribution in [-0.4, -0.2) is 37.0 Å². The second-order valence-corrected chi connectivity index (χ2v) is 5.97. The molecule has 1 unspecified atom stereocenters. The van der Waals surface area contributed by atoms with Crippen LogP contribution < -0.4 is 16.0 Å². The van der Waals surface area contributed by atoms with Gasteiger partial charge in [0.2, 0.25) is 11.8 Å². The van der Waals surface area contributed by atoms with Crippen molar-refractivity contribution in [2.75, 3.05) is 13.1 Å². The van der Waals surface area contributed by atoms with Gasteiger partial charge in [0.05, 0.1) is 5.41 Å². The van der Waals surface area contributed by atoms with Crippen LogP contribution in [0.3, 0.4) is 0 Å². The van der Waals surface area contributed by atoms with E-state index in [-0.39, 0.29) is 24.2 Å². The summed E-state index contributed by atoms with van der Waals surface area (Å²) < 4.78 is 0. The van der Waals surface area contributed by atoms with Gasteiger partial charge in [-0.25, -0.2) is 0 Å². The van der Waals surface area contributed by atoms with Gasteiger partial charge in [0.1, 0.15) is 0 Å². The zero-order valence-electron chi connectivity index (χ0n) is 11.0. The van der Waals surface area contributed by atoms with Crippen LogP contribution in [0.5, 0.6) is 0 Å². The summed E-state index contributed by atoms with van der Waals surface area (Å²) in [6.45, 7) is 1.46. The number of hydrogen-bond donors (Lipinski definition) is 3. The van der Waals surface area contributed by atoms with Crippen molar-refractivity contribution in [3.63, 3.8) is 0 Å². The van der Waals surface area contributed by atoms with Crippen LogP contribution in [0.1, 0.15) is 38.5 Å². The van der Waals surface area contributed by atoms with Gasteiger partial charge >= 0.3 is 0 Å². The van der Waals surface area contributed by atoms with Crippen LogP contribution in [-0.2, 0) is 9.59 Å². The van der Waals surface area contributed by atoms with Crippen molar-refractivity contribution in [1.29, 1.82) is 0 Å². The highest BCUT2D eigenvalue weighted by Gasteiger charge is 2.44. The Morgan fingerprint density at radius 2 is 1.74 bits per heavy atom. The number of halogens is 1. The quantitative estimate of drug-likeness (QED) is 0.683. The average Bonchev–Trinajstić information content (AvgIpc) is 3.23. The molecule has 5 nitrogen and oxygen atoms in total. The normalized spacial score (nSPS) is 29.5. The molecule has 0 radical (unpaired) electrons. The molecule has 3 rings (SSSR count). The topological polar surface area (TPSA) is 70.2 Å². The van der Waals surface area contributed by atoms with Gasteiger partial charge in [-0.15, -0.1) is 12.4 Å². The molecule has 1 atom stereocenters. The molecule has 0 aromatic carbocycles. The van der Waals surface area contributed by atoms with Crippen LogP contribution in [0.4, 0.5) is 0 Å². The van der Waals surface area contributed by atoms with Crippen molar-refractivity contribution in [2.45, 2.75) is 50.6 Å². The van der Waals surface area contributed by atoms with E-state index in [1.54, 1.807) is 0 Å². The summed E-state index contributed by atoms with van der Waals surface area (Å²) >= 11 is 0. The smallest absolute Gasteiger partial charge is 0.228 e. The highest BCUT2D eigenvalue weighted by Crippen LogP contribution is 2.32.